The molecule has 1 aliphatic heterocycles. The molecule has 1 saturated heterocycles. The number of amides is 1. The molecule has 0 aliphatic carbocycles. The minimum atomic E-state index is -0.137. The van der Waals surface area contributed by atoms with Crippen molar-refractivity contribution in [1.82, 2.24) is 10.3 Å². The molecule has 1 amide bonds. The molecular formula is C19H22ClN3O. The van der Waals surface area contributed by atoms with Gasteiger partial charge in [-0.1, -0.05) is 23.7 Å². The summed E-state index contributed by atoms with van der Waals surface area (Å²) in [5, 5.41) is 3.62. The molecule has 0 unspecified atom stereocenters. The zero-order valence-electron chi connectivity index (χ0n) is 13.7. The topological polar surface area (TPSA) is 45.2 Å². The number of carbonyl (C=O) groups excluding carboxylic acids is 1. The van der Waals surface area contributed by atoms with E-state index in [0.717, 1.165) is 30.8 Å². The number of nitrogens with one attached hydrogen (secondary N) is 1. The van der Waals surface area contributed by atoms with E-state index < -0.39 is 0 Å². The van der Waals surface area contributed by atoms with Crippen molar-refractivity contribution in [3.63, 3.8) is 0 Å². The number of anilines is 1. The van der Waals surface area contributed by atoms with E-state index in [9.17, 15) is 4.79 Å². The van der Waals surface area contributed by atoms with E-state index in [1.165, 1.54) is 19.3 Å². The summed E-state index contributed by atoms with van der Waals surface area (Å²) in [5.41, 5.74) is 2.67. The van der Waals surface area contributed by atoms with Crippen LogP contribution < -0.4 is 10.2 Å². The van der Waals surface area contributed by atoms with Gasteiger partial charge < -0.3 is 10.2 Å². The molecule has 3 rings (SSSR count). The molecule has 1 aromatic heterocycles. The second-order valence-corrected chi connectivity index (χ2v) is 6.52. The standard InChI is InChI=1S/C19H22ClN3O/c20-16-6-4-5-15(13-16)9-10-21-19(24)18-8-7-17(14-22-18)23-11-2-1-3-12-23/h4-8,13-14H,1-3,9-12H2,(H,21,24). The first-order valence-corrected chi connectivity index (χ1v) is 8.84. The van der Waals surface area contributed by atoms with Crippen LogP contribution in [0.2, 0.25) is 5.02 Å². The average Bonchev–Trinajstić information content (AvgIpc) is 2.63. The number of halogens is 1. The molecule has 0 bridgehead atoms. The molecule has 0 radical (unpaired) electrons. The third kappa shape index (κ3) is 4.48. The van der Waals surface area contributed by atoms with Crippen molar-refractivity contribution >= 4 is 23.2 Å². The first-order valence-electron chi connectivity index (χ1n) is 8.46. The Morgan fingerprint density at radius 2 is 2.00 bits per heavy atom. The minimum absolute atomic E-state index is 0.137. The largest absolute Gasteiger partial charge is 0.370 e. The second kappa shape index (κ2) is 8.15. The van der Waals surface area contributed by atoms with E-state index in [4.69, 9.17) is 11.6 Å². The number of hydrogen-bond acceptors (Lipinski definition) is 3. The highest BCUT2D eigenvalue weighted by Gasteiger charge is 2.12. The van der Waals surface area contributed by atoms with Gasteiger partial charge in [-0.2, -0.15) is 0 Å². The van der Waals surface area contributed by atoms with Gasteiger partial charge in [0.2, 0.25) is 0 Å². The molecule has 5 heteroatoms. The van der Waals surface area contributed by atoms with Gasteiger partial charge in [-0.15, -0.1) is 0 Å². The number of rotatable bonds is 5. The van der Waals surface area contributed by atoms with E-state index in [2.05, 4.69) is 15.2 Å². The van der Waals surface area contributed by atoms with Crippen LogP contribution in [-0.2, 0) is 6.42 Å². The van der Waals surface area contributed by atoms with Gasteiger partial charge in [0.05, 0.1) is 11.9 Å². The van der Waals surface area contributed by atoms with Crippen molar-refractivity contribution in [3.8, 4) is 0 Å². The minimum Gasteiger partial charge on any atom is -0.370 e. The van der Waals surface area contributed by atoms with E-state index in [0.29, 0.717) is 17.3 Å². The molecular weight excluding hydrogens is 322 g/mol. The summed E-state index contributed by atoms with van der Waals surface area (Å²) in [6.45, 7) is 2.72. The van der Waals surface area contributed by atoms with Crippen molar-refractivity contribution < 1.29 is 4.79 Å². The Morgan fingerprint density at radius 1 is 1.17 bits per heavy atom. The highest BCUT2D eigenvalue weighted by molar-refractivity contribution is 6.30. The van der Waals surface area contributed by atoms with Gasteiger partial charge in [-0.3, -0.25) is 4.79 Å². The summed E-state index contributed by atoms with van der Waals surface area (Å²) in [6, 6.07) is 11.5. The van der Waals surface area contributed by atoms with Crippen LogP contribution in [0.25, 0.3) is 0 Å². The maximum absolute atomic E-state index is 12.2. The number of benzene rings is 1. The second-order valence-electron chi connectivity index (χ2n) is 6.09. The zero-order chi connectivity index (χ0) is 16.8. The fraction of sp³-hybridized carbons (Fsp3) is 0.368. The number of carbonyl (C=O) groups is 1. The molecule has 2 aromatic rings. The monoisotopic (exact) mass is 343 g/mol. The van der Waals surface area contributed by atoms with Gasteiger partial charge >= 0.3 is 0 Å². The van der Waals surface area contributed by atoms with Gasteiger partial charge in [-0.25, -0.2) is 4.98 Å². The lowest BCUT2D eigenvalue weighted by Gasteiger charge is -2.28. The molecule has 4 nitrogen and oxygen atoms in total. The van der Waals surface area contributed by atoms with Crippen LogP contribution in [0.5, 0.6) is 0 Å². The summed E-state index contributed by atoms with van der Waals surface area (Å²) >= 11 is 5.96. The lowest BCUT2D eigenvalue weighted by Crippen LogP contribution is -2.30. The number of hydrogen-bond donors (Lipinski definition) is 1. The number of nitrogens with zero attached hydrogens (tertiary/aromatic N) is 2. The smallest absolute Gasteiger partial charge is 0.269 e. The van der Waals surface area contributed by atoms with Crippen molar-refractivity contribution in [3.05, 3.63) is 58.9 Å². The Balaban J connectivity index is 1.51. The van der Waals surface area contributed by atoms with Crippen molar-refractivity contribution in [2.24, 2.45) is 0 Å². The summed E-state index contributed by atoms with van der Waals surface area (Å²) in [4.78, 5) is 18.8. The van der Waals surface area contributed by atoms with E-state index in [1.54, 1.807) is 12.3 Å². The van der Waals surface area contributed by atoms with E-state index in [-0.39, 0.29) is 5.91 Å². The summed E-state index contributed by atoms with van der Waals surface area (Å²) < 4.78 is 0. The molecule has 126 valence electrons. The van der Waals surface area contributed by atoms with Crippen LogP contribution in [0.1, 0.15) is 35.3 Å². The van der Waals surface area contributed by atoms with Gasteiger partial charge in [0.1, 0.15) is 5.69 Å². The van der Waals surface area contributed by atoms with Gasteiger partial charge in [0.25, 0.3) is 5.91 Å². The van der Waals surface area contributed by atoms with Gasteiger partial charge in [-0.05, 0) is 55.5 Å². The molecule has 0 atom stereocenters. The van der Waals surface area contributed by atoms with Crippen LogP contribution in [0.15, 0.2) is 42.6 Å². The van der Waals surface area contributed by atoms with E-state index in [1.807, 2.05) is 30.3 Å². The maximum Gasteiger partial charge on any atom is 0.269 e. The van der Waals surface area contributed by atoms with Crippen LogP contribution in [0, 0.1) is 0 Å². The third-order valence-electron chi connectivity index (χ3n) is 4.29. The lowest BCUT2D eigenvalue weighted by molar-refractivity contribution is 0.0949. The molecule has 2 heterocycles. The Labute approximate surface area is 147 Å². The maximum atomic E-state index is 12.2. The van der Waals surface area contributed by atoms with Crippen LogP contribution in [0.4, 0.5) is 5.69 Å². The highest BCUT2D eigenvalue weighted by atomic mass is 35.5. The van der Waals surface area contributed by atoms with E-state index >= 15 is 0 Å². The van der Waals surface area contributed by atoms with Crippen LogP contribution >= 0.6 is 11.6 Å². The fourth-order valence-electron chi connectivity index (χ4n) is 2.96. The lowest BCUT2D eigenvalue weighted by atomic mass is 10.1. The first-order chi connectivity index (χ1) is 11.7. The Bertz CT molecular complexity index is 681. The van der Waals surface area contributed by atoms with Gasteiger partial charge in [0.15, 0.2) is 0 Å². The van der Waals surface area contributed by atoms with Crippen LogP contribution in [-0.4, -0.2) is 30.5 Å². The Hall–Kier alpha value is -2.07. The molecule has 0 spiro atoms. The highest BCUT2D eigenvalue weighted by Crippen LogP contribution is 2.18. The zero-order valence-corrected chi connectivity index (χ0v) is 14.4. The number of piperidine rings is 1. The fourth-order valence-corrected chi connectivity index (χ4v) is 3.18. The SMILES string of the molecule is O=C(NCCc1cccc(Cl)c1)c1ccc(N2CCCCC2)cn1. The number of pyridine rings is 1. The normalized spacial score (nSPS) is 14.5. The molecule has 1 fully saturated rings. The molecule has 24 heavy (non-hydrogen) atoms. The molecule has 1 N–H and O–H groups in total. The first kappa shape index (κ1) is 16.8. The third-order valence-corrected chi connectivity index (χ3v) is 4.53. The average molecular weight is 344 g/mol. The molecule has 1 aliphatic rings. The Kier molecular flexibility index (Phi) is 5.70. The summed E-state index contributed by atoms with van der Waals surface area (Å²) in [6.07, 6.45) is 6.31. The quantitative estimate of drug-likeness (QED) is 0.900. The van der Waals surface area contributed by atoms with Gasteiger partial charge in [0, 0.05) is 24.7 Å². The van der Waals surface area contributed by atoms with Crippen molar-refractivity contribution in [2.75, 3.05) is 24.5 Å². The van der Waals surface area contributed by atoms with Crippen molar-refractivity contribution in [1.29, 1.82) is 0 Å². The molecule has 0 saturated carbocycles. The molecule has 1 aromatic carbocycles. The number of aromatic nitrogens is 1. The summed E-state index contributed by atoms with van der Waals surface area (Å²) in [5.74, 6) is -0.137. The van der Waals surface area contributed by atoms with Crippen LogP contribution in [0.3, 0.4) is 0 Å². The predicted molar refractivity (Wildman–Crippen MR) is 97.8 cm³/mol. The predicted octanol–water partition coefficient (Wildman–Crippen LogP) is 3.70. The summed E-state index contributed by atoms with van der Waals surface area (Å²) in [7, 11) is 0. The van der Waals surface area contributed by atoms with Crippen molar-refractivity contribution in [2.45, 2.75) is 25.7 Å². The Morgan fingerprint density at radius 3 is 2.71 bits per heavy atom.